The fraction of sp³-hybridized carbons (Fsp3) is 0.304. The molecule has 0 fully saturated rings. The third kappa shape index (κ3) is 5.26. The number of nitrogens with zero attached hydrogens (tertiary/aromatic N) is 2. The van der Waals surface area contributed by atoms with Gasteiger partial charge in [0.15, 0.2) is 17.2 Å². The molecule has 0 saturated carbocycles. The maximum Gasteiger partial charge on any atom is 0.363 e. The second kappa shape index (κ2) is 10.3. The summed E-state index contributed by atoms with van der Waals surface area (Å²) in [5.41, 5.74) is 1.38. The Morgan fingerprint density at radius 3 is 2.69 bits per heavy atom. The number of rotatable bonds is 9. The average Bonchev–Trinajstić information content (AvgIpc) is 3.10. The van der Waals surface area contributed by atoms with E-state index in [1.165, 1.54) is 12.1 Å². The summed E-state index contributed by atoms with van der Waals surface area (Å²) in [6, 6.07) is 7.88. The average molecular weight is 459 g/mol. The van der Waals surface area contributed by atoms with E-state index in [9.17, 15) is 14.9 Å². The van der Waals surface area contributed by atoms with Crippen LogP contribution in [0.1, 0.15) is 43.4 Å². The van der Waals surface area contributed by atoms with Crippen LogP contribution in [0.15, 0.2) is 41.0 Å². The van der Waals surface area contributed by atoms with Crippen LogP contribution in [0.3, 0.4) is 0 Å². The highest BCUT2D eigenvalue weighted by atomic mass is 35.5. The van der Waals surface area contributed by atoms with Crippen molar-refractivity contribution in [1.82, 2.24) is 0 Å². The molecule has 0 bridgehead atoms. The largest absolute Gasteiger partial charge is 0.490 e. The Morgan fingerprint density at radius 2 is 2.00 bits per heavy atom. The van der Waals surface area contributed by atoms with Crippen LogP contribution in [0.4, 0.5) is 5.69 Å². The molecule has 2 aromatic rings. The van der Waals surface area contributed by atoms with Crippen LogP contribution in [0.5, 0.6) is 11.5 Å². The predicted molar refractivity (Wildman–Crippen MR) is 121 cm³/mol. The molecule has 0 radical (unpaired) electrons. The van der Waals surface area contributed by atoms with E-state index in [0.717, 1.165) is 12.8 Å². The minimum atomic E-state index is -0.666. The monoisotopic (exact) mass is 458 g/mol. The van der Waals surface area contributed by atoms with Gasteiger partial charge in [-0.05, 0) is 50.1 Å². The van der Waals surface area contributed by atoms with Crippen LogP contribution >= 0.6 is 11.6 Å². The number of aliphatic imine (C=N–C) groups is 1. The van der Waals surface area contributed by atoms with Crippen molar-refractivity contribution in [1.29, 1.82) is 0 Å². The van der Waals surface area contributed by atoms with Crippen molar-refractivity contribution in [2.75, 3.05) is 13.2 Å². The first-order valence-electron chi connectivity index (χ1n) is 10.2. The van der Waals surface area contributed by atoms with E-state index in [-0.39, 0.29) is 17.3 Å². The molecule has 1 heterocycles. The summed E-state index contributed by atoms with van der Waals surface area (Å²) in [7, 11) is 0. The van der Waals surface area contributed by atoms with Crippen LogP contribution in [0.2, 0.25) is 5.02 Å². The highest BCUT2D eigenvalue weighted by molar-refractivity contribution is 6.32. The molecule has 32 heavy (non-hydrogen) atoms. The summed E-state index contributed by atoms with van der Waals surface area (Å²) >= 11 is 6.41. The lowest BCUT2D eigenvalue weighted by Crippen LogP contribution is -2.06. The molecular weight excluding hydrogens is 436 g/mol. The fourth-order valence-corrected chi connectivity index (χ4v) is 3.30. The first kappa shape index (κ1) is 23.3. The maximum atomic E-state index is 12.4. The number of carbonyl (C=O) groups is 1. The predicted octanol–water partition coefficient (Wildman–Crippen LogP) is 5.48. The Bertz CT molecular complexity index is 1110. The Balaban J connectivity index is 1.94. The number of carbonyl (C=O) groups excluding carboxylic acids is 1. The third-order valence-corrected chi connectivity index (χ3v) is 4.93. The summed E-state index contributed by atoms with van der Waals surface area (Å²) in [5.74, 6) is 0.252. The van der Waals surface area contributed by atoms with Crippen molar-refractivity contribution in [3.05, 3.63) is 67.9 Å². The molecule has 0 unspecified atom stereocenters. The summed E-state index contributed by atoms with van der Waals surface area (Å²) < 4.78 is 16.7. The third-order valence-electron chi connectivity index (χ3n) is 4.65. The van der Waals surface area contributed by atoms with Crippen molar-refractivity contribution in [2.45, 2.75) is 33.6 Å². The van der Waals surface area contributed by atoms with Gasteiger partial charge in [-0.25, -0.2) is 9.79 Å². The second-order valence-electron chi connectivity index (χ2n) is 7.06. The van der Waals surface area contributed by atoms with Gasteiger partial charge in [-0.3, -0.25) is 10.1 Å². The number of nitro groups is 1. The van der Waals surface area contributed by atoms with Gasteiger partial charge in [0.25, 0.3) is 5.69 Å². The molecule has 0 N–H and O–H groups in total. The number of hydrogen-bond acceptors (Lipinski definition) is 7. The summed E-state index contributed by atoms with van der Waals surface area (Å²) in [6.45, 7) is 6.47. The fourth-order valence-electron chi connectivity index (χ4n) is 3.02. The number of unbranched alkanes of at least 4 members (excludes halogenated alkanes) is 1. The van der Waals surface area contributed by atoms with E-state index < -0.39 is 10.9 Å². The van der Waals surface area contributed by atoms with Crippen LogP contribution in [0.25, 0.3) is 6.08 Å². The molecule has 0 aliphatic carbocycles. The van der Waals surface area contributed by atoms with Gasteiger partial charge in [0, 0.05) is 17.2 Å². The molecular formula is C23H23ClN2O6. The number of hydrogen-bond donors (Lipinski definition) is 0. The highest BCUT2D eigenvalue weighted by Crippen LogP contribution is 2.38. The molecule has 0 atom stereocenters. The Labute approximate surface area is 190 Å². The zero-order chi connectivity index (χ0) is 23.3. The molecule has 1 aliphatic rings. The van der Waals surface area contributed by atoms with E-state index in [1.807, 2.05) is 6.92 Å². The normalized spacial score (nSPS) is 14.3. The van der Waals surface area contributed by atoms with Crippen LogP contribution in [0, 0.1) is 17.0 Å². The highest BCUT2D eigenvalue weighted by Gasteiger charge is 2.26. The van der Waals surface area contributed by atoms with Crippen molar-refractivity contribution in [2.24, 2.45) is 4.99 Å². The van der Waals surface area contributed by atoms with Crippen molar-refractivity contribution >= 4 is 35.2 Å². The van der Waals surface area contributed by atoms with E-state index in [1.54, 1.807) is 31.2 Å². The lowest BCUT2D eigenvalue weighted by atomic mass is 10.1. The SMILES string of the molecule is CCCCOc1c(Cl)cc(/C=C2\N=C(c3ccc(C)c([N+](=O)[O-])c3)OC2=O)cc1OCC. The molecule has 3 rings (SSSR count). The van der Waals surface area contributed by atoms with Crippen LogP contribution < -0.4 is 9.47 Å². The van der Waals surface area contributed by atoms with E-state index in [2.05, 4.69) is 11.9 Å². The summed E-state index contributed by atoms with van der Waals surface area (Å²) in [4.78, 5) is 27.3. The molecule has 0 spiro atoms. The topological polar surface area (TPSA) is 100 Å². The van der Waals surface area contributed by atoms with Gasteiger partial charge in [0.1, 0.15) is 0 Å². The molecule has 0 saturated heterocycles. The lowest BCUT2D eigenvalue weighted by molar-refractivity contribution is -0.385. The van der Waals surface area contributed by atoms with Crippen molar-refractivity contribution < 1.29 is 23.9 Å². The maximum absolute atomic E-state index is 12.4. The number of nitro benzene ring substituents is 1. The standard InChI is InChI=1S/C23H23ClN2O6/c1-4-6-9-31-21-17(24)10-15(12-20(21)30-5-2)11-18-23(27)32-22(25-18)16-8-7-14(3)19(13-16)26(28)29/h7-8,10-13H,4-6,9H2,1-3H3/b18-11-. The smallest absolute Gasteiger partial charge is 0.363 e. The van der Waals surface area contributed by atoms with Gasteiger partial charge in [0.2, 0.25) is 5.90 Å². The van der Waals surface area contributed by atoms with Gasteiger partial charge < -0.3 is 14.2 Å². The second-order valence-corrected chi connectivity index (χ2v) is 7.47. The van der Waals surface area contributed by atoms with Crippen LogP contribution in [-0.2, 0) is 9.53 Å². The van der Waals surface area contributed by atoms with E-state index >= 15 is 0 Å². The first-order valence-corrected chi connectivity index (χ1v) is 10.6. The van der Waals surface area contributed by atoms with Gasteiger partial charge in [0.05, 0.1) is 23.2 Å². The Hall–Kier alpha value is -3.39. The number of cyclic esters (lactones) is 1. The molecule has 9 heteroatoms. The number of halogens is 1. The van der Waals surface area contributed by atoms with Crippen molar-refractivity contribution in [3.8, 4) is 11.5 Å². The van der Waals surface area contributed by atoms with E-state index in [0.29, 0.717) is 46.4 Å². The summed E-state index contributed by atoms with van der Waals surface area (Å²) in [5, 5.41) is 11.5. The number of aryl methyl sites for hydroxylation is 1. The van der Waals surface area contributed by atoms with E-state index in [4.69, 9.17) is 25.8 Å². The summed E-state index contributed by atoms with van der Waals surface area (Å²) in [6.07, 6.45) is 3.38. The zero-order valence-electron chi connectivity index (χ0n) is 18.0. The minimum absolute atomic E-state index is 0.00000213. The van der Waals surface area contributed by atoms with Gasteiger partial charge >= 0.3 is 5.97 Å². The Morgan fingerprint density at radius 1 is 1.22 bits per heavy atom. The van der Waals surface area contributed by atoms with Gasteiger partial charge in [-0.2, -0.15) is 0 Å². The van der Waals surface area contributed by atoms with Crippen LogP contribution in [-0.4, -0.2) is 30.0 Å². The number of esters is 1. The number of benzene rings is 2. The zero-order valence-corrected chi connectivity index (χ0v) is 18.8. The number of ether oxygens (including phenoxy) is 3. The Kier molecular flexibility index (Phi) is 7.48. The minimum Gasteiger partial charge on any atom is -0.490 e. The quantitative estimate of drug-likeness (QED) is 0.162. The first-order chi connectivity index (χ1) is 15.3. The molecule has 8 nitrogen and oxygen atoms in total. The molecule has 0 amide bonds. The van der Waals surface area contributed by atoms with Gasteiger partial charge in [-0.15, -0.1) is 0 Å². The molecule has 0 aromatic heterocycles. The van der Waals surface area contributed by atoms with Gasteiger partial charge in [-0.1, -0.05) is 31.0 Å². The lowest BCUT2D eigenvalue weighted by Gasteiger charge is -2.14. The molecule has 168 valence electrons. The van der Waals surface area contributed by atoms with Crippen molar-refractivity contribution in [3.63, 3.8) is 0 Å². The molecule has 1 aliphatic heterocycles. The molecule has 2 aromatic carbocycles.